The monoisotopic (exact) mass is 330 g/mol. The molecular weight excluding hydrogens is 319 g/mol. The van der Waals surface area contributed by atoms with Crippen LogP contribution in [0.1, 0.15) is 11.1 Å². The highest BCUT2D eigenvalue weighted by Gasteiger charge is 2.21. The van der Waals surface area contributed by atoms with Gasteiger partial charge in [0, 0.05) is 10.6 Å². The van der Waals surface area contributed by atoms with E-state index in [4.69, 9.17) is 16.3 Å². The number of hydrogen-bond donors (Lipinski definition) is 1. The lowest BCUT2D eigenvalue weighted by Gasteiger charge is -2.02. The van der Waals surface area contributed by atoms with Crippen molar-refractivity contribution >= 4 is 29.4 Å². The summed E-state index contributed by atoms with van der Waals surface area (Å²) in [6.45, 7) is 0. The molecule has 0 atom stereocenters. The second-order valence-corrected chi connectivity index (χ2v) is 5.28. The molecule has 0 unspecified atom stereocenters. The lowest BCUT2D eigenvalue weighted by atomic mass is 10.2. The van der Waals surface area contributed by atoms with Crippen LogP contribution in [0.25, 0.3) is 6.08 Å². The quantitative estimate of drug-likeness (QED) is 0.877. The summed E-state index contributed by atoms with van der Waals surface area (Å²) in [4.78, 5) is 16.3. The Morgan fingerprint density at radius 2 is 1.96 bits per heavy atom. The van der Waals surface area contributed by atoms with Crippen LogP contribution >= 0.6 is 11.6 Å². The number of ether oxygens (including phenoxy) is 1. The molecule has 0 radical (unpaired) electrons. The first-order valence-electron chi connectivity index (χ1n) is 6.78. The van der Waals surface area contributed by atoms with Gasteiger partial charge in [0.15, 0.2) is 11.6 Å². The molecule has 23 heavy (non-hydrogen) atoms. The predicted octanol–water partition coefficient (Wildman–Crippen LogP) is 3.41. The van der Waals surface area contributed by atoms with Crippen LogP contribution in [0.5, 0.6) is 5.75 Å². The summed E-state index contributed by atoms with van der Waals surface area (Å²) < 4.78 is 18.6. The van der Waals surface area contributed by atoms with Gasteiger partial charge >= 0.3 is 0 Å². The normalized spacial score (nSPS) is 15.5. The Bertz CT molecular complexity index is 829. The molecule has 1 heterocycles. The van der Waals surface area contributed by atoms with Crippen molar-refractivity contribution in [3.63, 3.8) is 0 Å². The molecule has 1 N–H and O–H groups in total. The Morgan fingerprint density at radius 1 is 1.22 bits per heavy atom. The van der Waals surface area contributed by atoms with Gasteiger partial charge in [-0.1, -0.05) is 17.7 Å². The van der Waals surface area contributed by atoms with E-state index in [-0.39, 0.29) is 17.4 Å². The zero-order valence-corrected chi connectivity index (χ0v) is 12.9. The van der Waals surface area contributed by atoms with Crippen LogP contribution in [0.2, 0.25) is 5.02 Å². The largest absolute Gasteiger partial charge is 0.494 e. The van der Waals surface area contributed by atoms with Crippen molar-refractivity contribution in [1.29, 1.82) is 0 Å². The number of nitrogens with one attached hydrogen (secondary N) is 1. The average molecular weight is 331 g/mol. The van der Waals surface area contributed by atoms with E-state index >= 15 is 0 Å². The van der Waals surface area contributed by atoms with Crippen molar-refractivity contribution in [3.8, 4) is 5.75 Å². The molecule has 1 amide bonds. The summed E-state index contributed by atoms with van der Waals surface area (Å²) in [7, 11) is 1.39. The van der Waals surface area contributed by atoms with Crippen molar-refractivity contribution in [3.05, 3.63) is 70.1 Å². The molecule has 116 valence electrons. The third-order valence-corrected chi connectivity index (χ3v) is 3.55. The van der Waals surface area contributed by atoms with Crippen LogP contribution < -0.4 is 10.1 Å². The Labute approximate surface area is 137 Å². The average Bonchev–Trinajstić information content (AvgIpc) is 2.89. The Balaban J connectivity index is 1.91. The van der Waals surface area contributed by atoms with Crippen molar-refractivity contribution in [2.24, 2.45) is 4.99 Å². The minimum Gasteiger partial charge on any atom is -0.494 e. The summed E-state index contributed by atoms with van der Waals surface area (Å²) in [6, 6.07) is 11.4. The minimum absolute atomic E-state index is 0.147. The van der Waals surface area contributed by atoms with Gasteiger partial charge in [-0.2, -0.15) is 0 Å². The highest BCUT2D eigenvalue weighted by atomic mass is 35.5. The maximum absolute atomic E-state index is 13.7. The number of benzene rings is 2. The van der Waals surface area contributed by atoms with E-state index in [0.717, 1.165) is 5.56 Å². The van der Waals surface area contributed by atoms with Gasteiger partial charge in [-0.3, -0.25) is 4.79 Å². The molecule has 0 bridgehead atoms. The van der Waals surface area contributed by atoms with Crippen LogP contribution in [-0.4, -0.2) is 18.9 Å². The lowest BCUT2D eigenvalue weighted by molar-refractivity contribution is -0.115. The number of halogens is 2. The maximum Gasteiger partial charge on any atom is 0.275 e. The summed E-state index contributed by atoms with van der Waals surface area (Å²) in [5.74, 6) is -0.256. The number of aliphatic imine (C=N–C) groups is 1. The molecule has 0 aromatic heterocycles. The van der Waals surface area contributed by atoms with Gasteiger partial charge in [-0.05, 0) is 48.0 Å². The highest BCUT2D eigenvalue weighted by molar-refractivity contribution is 6.30. The number of rotatable bonds is 3. The fraction of sp³-hybridized carbons (Fsp3) is 0.0588. The molecular formula is C17H12ClFN2O2. The Hall–Kier alpha value is -2.66. The van der Waals surface area contributed by atoms with E-state index in [1.165, 1.54) is 25.3 Å². The zero-order valence-electron chi connectivity index (χ0n) is 12.1. The van der Waals surface area contributed by atoms with Crippen molar-refractivity contribution in [2.45, 2.75) is 0 Å². The molecule has 4 nitrogen and oxygen atoms in total. The minimum atomic E-state index is -0.498. The Morgan fingerprint density at radius 3 is 2.61 bits per heavy atom. The molecule has 3 rings (SSSR count). The van der Waals surface area contributed by atoms with Crippen molar-refractivity contribution < 1.29 is 13.9 Å². The van der Waals surface area contributed by atoms with Gasteiger partial charge < -0.3 is 10.1 Å². The third kappa shape index (κ3) is 3.24. The van der Waals surface area contributed by atoms with Crippen LogP contribution in [0.3, 0.4) is 0 Å². The van der Waals surface area contributed by atoms with Crippen molar-refractivity contribution in [1.82, 2.24) is 5.32 Å². The first-order chi connectivity index (χ1) is 11.1. The first kappa shape index (κ1) is 15.2. The maximum atomic E-state index is 13.7. The lowest BCUT2D eigenvalue weighted by Crippen LogP contribution is -2.24. The second kappa shape index (κ2) is 6.22. The molecule has 0 fully saturated rings. The number of amides is 1. The molecule has 0 spiro atoms. The van der Waals surface area contributed by atoms with Crippen LogP contribution in [0.4, 0.5) is 4.39 Å². The number of nitrogens with zero attached hydrogens (tertiary/aromatic N) is 1. The zero-order chi connectivity index (χ0) is 16.4. The SMILES string of the molecule is COc1ccc(/C=C2/N=C(c3ccc(Cl)cc3)NC2=O)cc1F. The molecule has 0 saturated heterocycles. The van der Waals surface area contributed by atoms with Gasteiger partial charge in [-0.25, -0.2) is 9.38 Å². The molecule has 2 aromatic rings. The van der Waals surface area contributed by atoms with Gasteiger partial charge in [-0.15, -0.1) is 0 Å². The molecule has 2 aromatic carbocycles. The third-order valence-electron chi connectivity index (χ3n) is 3.29. The number of methoxy groups -OCH3 is 1. The van der Waals surface area contributed by atoms with E-state index in [1.807, 2.05) is 0 Å². The van der Waals surface area contributed by atoms with Gasteiger partial charge in [0.1, 0.15) is 11.5 Å². The fourth-order valence-corrected chi connectivity index (χ4v) is 2.27. The second-order valence-electron chi connectivity index (χ2n) is 4.84. The predicted molar refractivity (Wildman–Crippen MR) is 87.1 cm³/mol. The number of carbonyl (C=O) groups excluding carboxylic acids is 1. The molecule has 1 aliphatic heterocycles. The summed E-state index contributed by atoms with van der Waals surface area (Å²) >= 11 is 5.84. The summed E-state index contributed by atoms with van der Waals surface area (Å²) in [5.41, 5.74) is 1.47. The van der Waals surface area contributed by atoms with E-state index in [2.05, 4.69) is 10.3 Å². The van der Waals surface area contributed by atoms with Gasteiger partial charge in [0.2, 0.25) is 0 Å². The van der Waals surface area contributed by atoms with E-state index in [0.29, 0.717) is 16.4 Å². The Kier molecular flexibility index (Phi) is 4.12. The highest BCUT2D eigenvalue weighted by Crippen LogP contribution is 2.21. The van der Waals surface area contributed by atoms with E-state index in [1.54, 1.807) is 30.3 Å². The van der Waals surface area contributed by atoms with Gasteiger partial charge in [0.25, 0.3) is 5.91 Å². The fourth-order valence-electron chi connectivity index (χ4n) is 2.14. The summed E-state index contributed by atoms with van der Waals surface area (Å²) in [6.07, 6.45) is 1.51. The van der Waals surface area contributed by atoms with E-state index < -0.39 is 5.82 Å². The molecule has 0 saturated carbocycles. The smallest absolute Gasteiger partial charge is 0.275 e. The number of amidine groups is 1. The van der Waals surface area contributed by atoms with Crippen LogP contribution in [-0.2, 0) is 4.79 Å². The van der Waals surface area contributed by atoms with Gasteiger partial charge in [0.05, 0.1) is 7.11 Å². The van der Waals surface area contributed by atoms with E-state index in [9.17, 15) is 9.18 Å². The number of carbonyl (C=O) groups is 1. The summed E-state index contributed by atoms with van der Waals surface area (Å²) in [5, 5.41) is 3.28. The molecule has 1 aliphatic rings. The van der Waals surface area contributed by atoms with Crippen LogP contribution in [0, 0.1) is 5.82 Å². The molecule has 6 heteroatoms. The first-order valence-corrected chi connectivity index (χ1v) is 7.16. The number of hydrogen-bond acceptors (Lipinski definition) is 3. The standard InChI is InChI=1S/C17H12ClFN2O2/c1-23-15-7-2-10(8-13(15)19)9-14-17(22)21-16(20-14)11-3-5-12(18)6-4-11/h2-9H,1H3,(H,20,21,22)/b14-9+. The van der Waals surface area contributed by atoms with Crippen molar-refractivity contribution in [2.75, 3.05) is 7.11 Å². The molecule has 0 aliphatic carbocycles. The topological polar surface area (TPSA) is 50.7 Å². The van der Waals surface area contributed by atoms with Crippen LogP contribution in [0.15, 0.2) is 53.2 Å².